The van der Waals surface area contributed by atoms with Crippen molar-refractivity contribution in [3.8, 4) is 5.75 Å². The number of hydrogen-bond donors (Lipinski definition) is 1. The van der Waals surface area contributed by atoms with Gasteiger partial charge in [0.25, 0.3) is 0 Å². The summed E-state index contributed by atoms with van der Waals surface area (Å²) in [7, 11) is 1.70. The molecule has 2 rings (SSSR count). The summed E-state index contributed by atoms with van der Waals surface area (Å²) >= 11 is 3.50. The molecule has 3 heteroatoms. The third kappa shape index (κ3) is 4.58. The molecule has 1 unspecified atom stereocenters. The van der Waals surface area contributed by atoms with E-state index in [1.54, 1.807) is 7.11 Å². The van der Waals surface area contributed by atoms with Crippen molar-refractivity contribution in [1.29, 1.82) is 0 Å². The van der Waals surface area contributed by atoms with E-state index in [4.69, 9.17) is 10.5 Å². The number of methoxy groups -OCH3 is 1. The van der Waals surface area contributed by atoms with E-state index in [0.29, 0.717) is 0 Å². The number of aryl methyl sites for hydroxylation is 2. The summed E-state index contributed by atoms with van der Waals surface area (Å²) in [4.78, 5) is 0. The average molecular weight is 348 g/mol. The van der Waals surface area contributed by atoms with Crippen molar-refractivity contribution < 1.29 is 4.74 Å². The molecule has 21 heavy (non-hydrogen) atoms. The van der Waals surface area contributed by atoms with E-state index >= 15 is 0 Å². The highest BCUT2D eigenvalue weighted by atomic mass is 79.9. The zero-order valence-electron chi connectivity index (χ0n) is 12.8. The van der Waals surface area contributed by atoms with Crippen LogP contribution in [0.25, 0.3) is 0 Å². The topological polar surface area (TPSA) is 35.2 Å². The minimum absolute atomic E-state index is 0.0781. The van der Waals surface area contributed by atoms with Gasteiger partial charge in [-0.3, -0.25) is 0 Å². The Morgan fingerprint density at radius 2 is 1.71 bits per heavy atom. The fourth-order valence-corrected chi connectivity index (χ4v) is 3.16. The van der Waals surface area contributed by atoms with Crippen LogP contribution in [0.15, 0.2) is 40.9 Å². The second kappa shape index (κ2) is 7.10. The van der Waals surface area contributed by atoms with Gasteiger partial charge < -0.3 is 10.5 Å². The second-order valence-corrected chi connectivity index (χ2v) is 6.54. The maximum atomic E-state index is 6.34. The number of hydrogen-bond acceptors (Lipinski definition) is 2. The van der Waals surface area contributed by atoms with Gasteiger partial charge in [-0.1, -0.05) is 45.3 Å². The molecule has 0 aliphatic carbocycles. The molecule has 0 amide bonds. The van der Waals surface area contributed by atoms with E-state index in [-0.39, 0.29) is 6.04 Å². The number of benzene rings is 2. The minimum Gasteiger partial charge on any atom is -0.496 e. The monoisotopic (exact) mass is 347 g/mol. The van der Waals surface area contributed by atoms with Crippen molar-refractivity contribution >= 4 is 15.9 Å². The van der Waals surface area contributed by atoms with E-state index in [9.17, 15) is 0 Å². The van der Waals surface area contributed by atoms with Crippen LogP contribution in [-0.2, 0) is 12.8 Å². The first-order chi connectivity index (χ1) is 9.97. The lowest BCUT2D eigenvalue weighted by Gasteiger charge is -2.15. The van der Waals surface area contributed by atoms with Gasteiger partial charge in [0.2, 0.25) is 0 Å². The molecule has 0 aliphatic rings. The standard InChI is InChI=1S/C18H22BrNO/c1-12-6-13(2)8-14(7-12)9-17(20)11-15-10-16(19)4-5-18(15)21-3/h4-8,10,17H,9,11,20H2,1-3H3. The molecule has 0 spiro atoms. The number of rotatable bonds is 5. The first-order valence-electron chi connectivity index (χ1n) is 7.13. The van der Waals surface area contributed by atoms with Crippen molar-refractivity contribution in [3.63, 3.8) is 0 Å². The Morgan fingerprint density at radius 3 is 2.33 bits per heavy atom. The van der Waals surface area contributed by atoms with Crippen LogP contribution in [0, 0.1) is 13.8 Å². The van der Waals surface area contributed by atoms with Crippen LogP contribution in [0.3, 0.4) is 0 Å². The van der Waals surface area contributed by atoms with Crippen LogP contribution in [0.4, 0.5) is 0 Å². The Kier molecular flexibility index (Phi) is 5.43. The Morgan fingerprint density at radius 1 is 1.05 bits per heavy atom. The maximum absolute atomic E-state index is 6.34. The third-order valence-corrected chi connectivity index (χ3v) is 4.00. The predicted octanol–water partition coefficient (Wildman–Crippen LogP) is 4.19. The fraction of sp³-hybridized carbons (Fsp3) is 0.333. The van der Waals surface area contributed by atoms with Gasteiger partial charge in [0, 0.05) is 10.5 Å². The van der Waals surface area contributed by atoms with Crippen molar-refractivity contribution in [2.45, 2.75) is 32.7 Å². The number of halogens is 1. The Labute approximate surface area is 135 Å². The Hall–Kier alpha value is -1.32. The van der Waals surface area contributed by atoms with Crippen LogP contribution in [0.1, 0.15) is 22.3 Å². The highest BCUT2D eigenvalue weighted by molar-refractivity contribution is 9.10. The van der Waals surface area contributed by atoms with Gasteiger partial charge >= 0.3 is 0 Å². The highest BCUT2D eigenvalue weighted by Gasteiger charge is 2.11. The van der Waals surface area contributed by atoms with E-state index in [1.165, 1.54) is 16.7 Å². The fourth-order valence-electron chi connectivity index (χ4n) is 2.75. The SMILES string of the molecule is COc1ccc(Br)cc1CC(N)Cc1cc(C)cc(C)c1. The van der Waals surface area contributed by atoms with Crippen LogP contribution < -0.4 is 10.5 Å². The molecule has 2 nitrogen and oxygen atoms in total. The van der Waals surface area contributed by atoms with Gasteiger partial charge in [-0.2, -0.15) is 0 Å². The molecule has 0 heterocycles. The molecule has 0 aliphatic heterocycles. The largest absolute Gasteiger partial charge is 0.496 e. The van der Waals surface area contributed by atoms with Crippen LogP contribution in [0.5, 0.6) is 5.75 Å². The Bertz CT molecular complexity index is 604. The van der Waals surface area contributed by atoms with Crippen LogP contribution in [-0.4, -0.2) is 13.2 Å². The lowest BCUT2D eigenvalue weighted by atomic mass is 9.97. The first kappa shape index (κ1) is 16.1. The predicted molar refractivity (Wildman–Crippen MR) is 92.0 cm³/mol. The van der Waals surface area contributed by atoms with Crippen molar-refractivity contribution in [3.05, 3.63) is 63.1 Å². The summed E-state index contributed by atoms with van der Waals surface area (Å²) in [6, 6.07) is 12.7. The molecule has 0 aromatic heterocycles. The average Bonchev–Trinajstić information content (AvgIpc) is 2.37. The molecule has 2 N–H and O–H groups in total. The Balaban J connectivity index is 2.11. The molecular formula is C18H22BrNO. The zero-order chi connectivity index (χ0) is 15.4. The minimum atomic E-state index is 0.0781. The molecule has 0 fully saturated rings. The molecule has 1 atom stereocenters. The number of nitrogens with two attached hydrogens (primary N) is 1. The molecule has 2 aromatic carbocycles. The lowest BCUT2D eigenvalue weighted by Crippen LogP contribution is -2.25. The summed E-state index contributed by atoms with van der Waals surface area (Å²) < 4.78 is 6.47. The van der Waals surface area contributed by atoms with E-state index in [0.717, 1.165) is 28.6 Å². The maximum Gasteiger partial charge on any atom is 0.122 e. The van der Waals surface area contributed by atoms with Gasteiger partial charge in [-0.25, -0.2) is 0 Å². The van der Waals surface area contributed by atoms with Crippen molar-refractivity contribution in [2.75, 3.05) is 7.11 Å². The van der Waals surface area contributed by atoms with Crippen molar-refractivity contribution in [2.24, 2.45) is 5.73 Å². The molecule has 0 saturated heterocycles. The van der Waals surface area contributed by atoms with E-state index in [1.807, 2.05) is 12.1 Å². The molecule has 2 aromatic rings. The molecule has 0 bridgehead atoms. The van der Waals surface area contributed by atoms with Gasteiger partial charge in [-0.05, 0) is 56.0 Å². The van der Waals surface area contributed by atoms with Gasteiger partial charge in [0.05, 0.1) is 7.11 Å². The van der Waals surface area contributed by atoms with Gasteiger partial charge in [0.1, 0.15) is 5.75 Å². The zero-order valence-corrected chi connectivity index (χ0v) is 14.4. The normalized spacial score (nSPS) is 12.2. The van der Waals surface area contributed by atoms with Gasteiger partial charge in [-0.15, -0.1) is 0 Å². The summed E-state index contributed by atoms with van der Waals surface area (Å²) in [6.07, 6.45) is 1.67. The summed E-state index contributed by atoms with van der Waals surface area (Å²) in [6.45, 7) is 4.25. The summed E-state index contributed by atoms with van der Waals surface area (Å²) in [5, 5.41) is 0. The third-order valence-electron chi connectivity index (χ3n) is 3.50. The first-order valence-corrected chi connectivity index (χ1v) is 7.92. The highest BCUT2D eigenvalue weighted by Crippen LogP contribution is 2.24. The summed E-state index contributed by atoms with van der Waals surface area (Å²) in [5.74, 6) is 0.897. The van der Waals surface area contributed by atoms with E-state index < -0.39 is 0 Å². The second-order valence-electron chi connectivity index (χ2n) is 5.62. The molecular weight excluding hydrogens is 326 g/mol. The van der Waals surface area contributed by atoms with Crippen LogP contribution in [0.2, 0.25) is 0 Å². The van der Waals surface area contributed by atoms with E-state index in [2.05, 4.69) is 54.0 Å². The molecule has 0 saturated carbocycles. The van der Waals surface area contributed by atoms with Crippen molar-refractivity contribution in [1.82, 2.24) is 0 Å². The van der Waals surface area contributed by atoms with Gasteiger partial charge in [0.15, 0.2) is 0 Å². The lowest BCUT2D eigenvalue weighted by molar-refractivity contribution is 0.407. The van der Waals surface area contributed by atoms with Crippen LogP contribution >= 0.6 is 15.9 Å². The summed E-state index contributed by atoms with van der Waals surface area (Å²) in [5.41, 5.74) is 11.4. The smallest absolute Gasteiger partial charge is 0.122 e. The molecule has 112 valence electrons. The quantitative estimate of drug-likeness (QED) is 0.880. The number of ether oxygens (including phenoxy) is 1. The molecule has 0 radical (unpaired) electrons.